The van der Waals surface area contributed by atoms with E-state index in [0.717, 1.165) is 17.5 Å². The molecule has 0 saturated carbocycles. The molecule has 0 bridgehead atoms. The molecule has 4 heteroatoms. The molecule has 0 fully saturated rings. The second-order valence-corrected chi connectivity index (χ2v) is 5.99. The second kappa shape index (κ2) is 8.99. The Morgan fingerprint density at radius 3 is 2.04 bits per heavy atom. The zero-order valence-electron chi connectivity index (χ0n) is 13.9. The molecule has 24 heavy (non-hydrogen) atoms. The standard InChI is InChI=1S/C20H24N2O2/c1-15(23)19(14-17-10-6-3-7-11-17)22-20(24)18(21)13-12-16-8-4-2-5-9-16/h2-11,18-19H,12-14,21H2,1H3,(H,22,24). The monoisotopic (exact) mass is 324 g/mol. The number of aryl methyl sites for hydroxylation is 1. The van der Waals surface area contributed by atoms with E-state index in [1.54, 1.807) is 0 Å². The molecule has 0 radical (unpaired) electrons. The summed E-state index contributed by atoms with van der Waals surface area (Å²) in [7, 11) is 0. The maximum absolute atomic E-state index is 12.3. The number of nitrogens with one attached hydrogen (secondary N) is 1. The average Bonchev–Trinajstić information content (AvgIpc) is 2.60. The van der Waals surface area contributed by atoms with Crippen LogP contribution in [0.3, 0.4) is 0 Å². The van der Waals surface area contributed by atoms with E-state index in [9.17, 15) is 9.59 Å². The van der Waals surface area contributed by atoms with Crippen molar-refractivity contribution in [3.05, 3.63) is 71.8 Å². The summed E-state index contributed by atoms with van der Waals surface area (Å²) in [4.78, 5) is 24.1. The van der Waals surface area contributed by atoms with Gasteiger partial charge in [-0.2, -0.15) is 0 Å². The van der Waals surface area contributed by atoms with Gasteiger partial charge in [0, 0.05) is 0 Å². The molecule has 0 aromatic heterocycles. The topological polar surface area (TPSA) is 72.2 Å². The summed E-state index contributed by atoms with van der Waals surface area (Å²) in [6.07, 6.45) is 1.76. The molecule has 0 heterocycles. The van der Waals surface area contributed by atoms with Crippen molar-refractivity contribution in [2.24, 2.45) is 5.73 Å². The molecule has 0 saturated heterocycles. The Labute approximate surface area is 143 Å². The minimum atomic E-state index is -0.622. The van der Waals surface area contributed by atoms with Gasteiger partial charge in [0.1, 0.15) is 0 Å². The van der Waals surface area contributed by atoms with E-state index in [4.69, 9.17) is 5.73 Å². The van der Waals surface area contributed by atoms with Crippen molar-refractivity contribution in [1.29, 1.82) is 0 Å². The minimum absolute atomic E-state index is 0.0672. The number of hydrogen-bond acceptors (Lipinski definition) is 3. The van der Waals surface area contributed by atoms with Crippen molar-refractivity contribution < 1.29 is 9.59 Å². The van der Waals surface area contributed by atoms with Crippen LogP contribution < -0.4 is 11.1 Å². The van der Waals surface area contributed by atoms with E-state index in [1.807, 2.05) is 60.7 Å². The number of carbonyl (C=O) groups is 2. The Bertz CT molecular complexity index is 656. The smallest absolute Gasteiger partial charge is 0.237 e. The number of ketones is 1. The molecule has 0 aliphatic heterocycles. The third-order valence-electron chi connectivity index (χ3n) is 4.01. The van der Waals surface area contributed by atoms with Crippen molar-refractivity contribution >= 4 is 11.7 Å². The van der Waals surface area contributed by atoms with Gasteiger partial charge in [-0.1, -0.05) is 60.7 Å². The largest absolute Gasteiger partial charge is 0.345 e. The molecule has 2 aromatic rings. The number of benzene rings is 2. The van der Waals surface area contributed by atoms with Crippen LogP contribution in [0.15, 0.2) is 60.7 Å². The fraction of sp³-hybridized carbons (Fsp3) is 0.300. The fourth-order valence-corrected chi connectivity index (χ4v) is 2.52. The van der Waals surface area contributed by atoms with Crippen LogP contribution in [0.5, 0.6) is 0 Å². The summed E-state index contributed by atoms with van der Waals surface area (Å²) in [5.74, 6) is -0.343. The maximum atomic E-state index is 12.3. The highest BCUT2D eigenvalue weighted by atomic mass is 16.2. The predicted molar refractivity (Wildman–Crippen MR) is 95.5 cm³/mol. The molecule has 3 N–H and O–H groups in total. The first-order chi connectivity index (χ1) is 11.6. The molecule has 0 aliphatic rings. The van der Waals surface area contributed by atoms with Gasteiger partial charge < -0.3 is 11.1 Å². The quantitative estimate of drug-likeness (QED) is 0.782. The van der Waals surface area contributed by atoms with Gasteiger partial charge >= 0.3 is 0 Å². The highest BCUT2D eigenvalue weighted by Gasteiger charge is 2.21. The minimum Gasteiger partial charge on any atom is -0.345 e. The van der Waals surface area contributed by atoms with E-state index in [1.165, 1.54) is 6.92 Å². The summed E-state index contributed by atoms with van der Waals surface area (Å²) in [6.45, 7) is 1.49. The van der Waals surface area contributed by atoms with Gasteiger partial charge in [-0.05, 0) is 37.3 Å². The molecule has 2 unspecified atom stereocenters. The van der Waals surface area contributed by atoms with E-state index in [2.05, 4.69) is 5.32 Å². The van der Waals surface area contributed by atoms with Gasteiger partial charge in [-0.25, -0.2) is 0 Å². The van der Waals surface area contributed by atoms with Gasteiger partial charge in [0.2, 0.25) is 5.91 Å². The van der Waals surface area contributed by atoms with E-state index >= 15 is 0 Å². The van der Waals surface area contributed by atoms with Gasteiger partial charge in [0.25, 0.3) is 0 Å². The third kappa shape index (κ3) is 5.63. The van der Waals surface area contributed by atoms with Gasteiger partial charge in [0.15, 0.2) is 5.78 Å². The summed E-state index contributed by atoms with van der Waals surface area (Å²) >= 11 is 0. The Morgan fingerprint density at radius 2 is 1.50 bits per heavy atom. The van der Waals surface area contributed by atoms with Gasteiger partial charge in [-0.15, -0.1) is 0 Å². The summed E-state index contributed by atoms with van der Waals surface area (Å²) in [5, 5.41) is 2.79. The Balaban J connectivity index is 1.88. The molecule has 0 aliphatic carbocycles. The van der Waals surface area contributed by atoms with E-state index in [0.29, 0.717) is 12.8 Å². The number of rotatable bonds is 8. The predicted octanol–water partition coefficient (Wildman–Crippen LogP) is 2.26. The van der Waals surface area contributed by atoms with Crippen LogP contribution in [-0.4, -0.2) is 23.8 Å². The number of amides is 1. The van der Waals surface area contributed by atoms with Crippen LogP contribution >= 0.6 is 0 Å². The van der Waals surface area contributed by atoms with Gasteiger partial charge in [0.05, 0.1) is 12.1 Å². The Hall–Kier alpha value is -2.46. The molecular weight excluding hydrogens is 300 g/mol. The maximum Gasteiger partial charge on any atom is 0.237 e. The average molecular weight is 324 g/mol. The molecular formula is C20H24N2O2. The molecule has 1 amide bonds. The zero-order valence-corrected chi connectivity index (χ0v) is 13.9. The van der Waals surface area contributed by atoms with Crippen LogP contribution in [0, 0.1) is 0 Å². The molecule has 4 nitrogen and oxygen atoms in total. The summed E-state index contributed by atoms with van der Waals surface area (Å²) in [5.41, 5.74) is 8.14. The number of carbonyl (C=O) groups excluding carboxylic acids is 2. The van der Waals surface area contributed by atoms with E-state index in [-0.39, 0.29) is 11.7 Å². The second-order valence-electron chi connectivity index (χ2n) is 5.99. The normalized spacial score (nSPS) is 13.1. The van der Waals surface area contributed by atoms with Crippen molar-refractivity contribution in [1.82, 2.24) is 5.32 Å². The first kappa shape index (κ1) is 17.9. The molecule has 126 valence electrons. The Kier molecular flexibility index (Phi) is 6.70. The molecule has 2 aromatic carbocycles. The lowest BCUT2D eigenvalue weighted by atomic mass is 10.0. The summed E-state index contributed by atoms with van der Waals surface area (Å²) < 4.78 is 0. The lowest BCUT2D eigenvalue weighted by molar-refractivity contribution is -0.127. The zero-order chi connectivity index (χ0) is 17.4. The lowest BCUT2D eigenvalue weighted by Crippen LogP contribution is -2.48. The van der Waals surface area contributed by atoms with Crippen LogP contribution in [0.4, 0.5) is 0 Å². The number of Topliss-reactive ketones (excluding diaryl/α,β-unsaturated/α-hetero) is 1. The SMILES string of the molecule is CC(=O)C(Cc1ccccc1)NC(=O)C(N)CCc1ccccc1. The summed E-state index contributed by atoms with van der Waals surface area (Å²) in [6, 6.07) is 18.4. The number of nitrogens with two attached hydrogens (primary N) is 1. The van der Waals surface area contributed by atoms with Crippen molar-refractivity contribution in [2.75, 3.05) is 0 Å². The van der Waals surface area contributed by atoms with Crippen LogP contribution in [0.1, 0.15) is 24.5 Å². The lowest BCUT2D eigenvalue weighted by Gasteiger charge is -2.19. The van der Waals surface area contributed by atoms with Crippen LogP contribution in [0.2, 0.25) is 0 Å². The van der Waals surface area contributed by atoms with Crippen molar-refractivity contribution in [3.8, 4) is 0 Å². The van der Waals surface area contributed by atoms with E-state index < -0.39 is 12.1 Å². The molecule has 2 atom stereocenters. The molecule has 2 rings (SSSR count). The van der Waals surface area contributed by atoms with Crippen LogP contribution in [-0.2, 0) is 22.4 Å². The van der Waals surface area contributed by atoms with Crippen molar-refractivity contribution in [2.45, 2.75) is 38.3 Å². The third-order valence-corrected chi connectivity index (χ3v) is 4.01. The molecule has 0 spiro atoms. The highest BCUT2D eigenvalue weighted by Crippen LogP contribution is 2.07. The van der Waals surface area contributed by atoms with Crippen molar-refractivity contribution in [3.63, 3.8) is 0 Å². The number of hydrogen-bond donors (Lipinski definition) is 2. The van der Waals surface area contributed by atoms with Crippen LogP contribution in [0.25, 0.3) is 0 Å². The van der Waals surface area contributed by atoms with Gasteiger partial charge in [-0.3, -0.25) is 9.59 Å². The fourth-order valence-electron chi connectivity index (χ4n) is 2.52. The Morgan fingerprint density at radius 1 is 0.958 bits per heavy atom. The highest BCUT2D eigenvalue weighted by molar-refractivity contribution is 5.89. The first-order valence-corrected chi connectivity index (χ1v) is 8.20. The first-order valence-electron chi connectivity index (χ1n) is 8.20.